The van der Waals surface area contributed by atoms with E-state index in [0.29, 0.717) is 11.6 Å². The average molecular weight is 390 g/mol. The van der Waals surface area contributed by atoms with Gasteiger partial charge in [-0.3, -0.25) is 9.20 Å². The van der Waals surface area contributed by atoms with E-state index in [1.165, 1.54) is 11.8 Å². The van der Waals surface area contributed by atoms with Gasteiger partial charge in [0.2, 0.25) is 5.91 Å². The Labute approximate surface area is 155 Å². The molecule has 26 heavy (non-hydrogen) atoms. The molecule has 1 saturated heterocycles. The molecule has 9 heteroatoms. The van der Waals surface area contributed by atoms with E-state index in [1.807, 2.05) is 41.7 Å². The number of hydrogen-bond donors (Lipinski definition) is 1. The van der Waals surface area contributed by atoms with Gasteiger partial charge >= 0.3 is 0 Å². The topological polar surface area (TPSA) is 93.4 Å². The molecule has 0 aliphatic carbocycles. The lowest BCUT2D eigenvalue weighted by molar-refractivity contribution is -0.119. The van der Waals surface area contributed by atoms with Gasteiger partial charge in [0.05, 0.1) is 22.8 Å². The van der Waals surface area contributed by atoms with E-state index < -0.39 is 9.84 Å². The number of rotatable bonds is 4. The smallest absolute Gasteiger partial charge is 0.230 e. The number of hydrogen-bond acceptors (Lipinski definition) is 6. The highest BCUT2D eigenvalue weighted by Crippen LogP contribution is 2.25. The Hall–Kier alpha value is -2.13. The van der Waals surface area contributed by atoms with Gasteiger partial charge in [-0.25, -0.2) is 8.42 Å². The molecular weight excluding hydrogens is 372 g/mol. The van der Waals surface area contributed by atoms with Crippen molar-refractivity contribution in [3.8, 4) is 0 Å². The molecule has 0 saturated carbocycles. The largest absolute Gasteiger partial charge is 0.352 e. The molecule has 0 radical (unpaired) electrons. The molecule has 0 unspecified atom stereocenters. The van der Waals surface area contributed by atoms with Crippen LogP contribution in [0.5, 0.6) is 0 Å². The van der Waals surface area contributed by atoms with Crippen molar-refractivity contribution in [2.24, 2.45) is 0 Å². The summed E-state index contributed by atoms with van der Waals surface area (Å²) in [5.74, 6) is 0.150. The van der Waals surface area contributed by atoms with Crippen LogP contribution in [0.25, 0.3) is 16.6 Å². The van der Waals surface area contributed by atoms with Gasteiger partial charge in [-0.2, -0.15) is 0 Å². The first kappa shape index (κ1) is 17.3. The second-order valence-corrected chi connectivity index (χ2v) is 9.65. The van der Waals surface area contributed by atoms with Crippen LogP contribution in [0.15, 0.2) is 35.5 Å². The summed E-state index contributed by atoms with van der Waals surface area (Å²) < 4.78 is 24.9. The number of carbonyl (C=O) groups excluding carboxylic acids is 1. The molecule has 1 aromatic carbocycles. The highest BCUT2D eigenvalue weighted by Gasteiger charge is 2.28. The summed E-state index contributed by atoms with van der Waals surface area (Å²) in [6.45, 7) is 2.03. The summed E-state index contributed by atoms with van der Waals surface area (Å²) >= 11 is 1.30. The van der Waals surface area contributed by atoms with Crippen molar-refractivity contribution in [2.45, 2.75) is 24.5 Å². The second-order valence-electron chi connectivity index (χ2n) is 6.48. The fourth-order valence-corrected chi connectivity index (χ4v) is 5.71. The summed E-state index contributed by atoms with van der Waals surface area (Å²) in [5.41, 5.74) is 2.86. The molecule has 1 atom stereocenters. The molecule has 1 aliphatic heterocycles. The highest BCUT2D eigenvalue weighted by molar-refractivity contribution is 7.99. The van der Waals surface area contributed by atoms with Gasteiger partial charge in [0.25, 0.3) is 0 Å². The molecule has 7 nitrogen and oxygen atoms in total. The number of fused-ring (bicyclic) bond motifs is 3. The van der Waals surface area contributed by atoms with E-state index in [1.54, 1.807) is 0 Å². The molecular formula is C17H18N4O3S2. The third-order valence-electron chi connectivity index (χ3n) is 4.50. The predicted octanol–water partition coefficient (Wildman–Crippen LogP) is 1.59. The number of benzene rings is 1. The van der Waals surface area contributed by atoms with Crippen LogP contribution in [-0.2, 0) is 14.6 Å². The molecule has 1 fully saturated rings. The molecule has 136 valence electrons. The second kappa shape index (κ2) is 6.55. The first-order chi connectivity index (χ1) is 12.4. The zero-order valence-electron chi connectivity index (χ0n) is 14.2. The Morgan fingerprint density at radius 1 is 1.35 bits per heavy atom. The minimum absolute atomic E-state index is 0.0290. The third-order valence-corrected chi connectivity index (χ3v) is 7.20. The third kappa shape index (κ3) is 3.28. The van der Waals surface area contributed by atoms with E-state index >= 15 is 0 Å². The Balaban J connectivity index is 1.53. The van der Waals surface area contributed by atoms with Crippen molar-refractivity contribution in [2.75, 3.05) is 17.3 Å². The van der Waals surface area contributed by atoms with Crippen LogP contribution in [-0.4, -0.2) is 52.2 Å². The Bertz CT molecular complexity index is 1110. The normalized spacial score (nSPS) is 19.2. The summed E-state index contributed by atoms with van der Waals surface area (Å²) in [6.07, 6.45) is 0.483. The van der Waals surface area contributed by atoms with Crippen LogP contribution in [0.1, 0.15) is 12.0 Å². The van der Waals surface area contributed by atoms with E-state index in [4.69, 9.17) is 0 Å². The number of para-hydroxylation sites is 1. The number of thioether (sulfide) groups is 1. The van der Waals surface area contributed by atoms with Crippen LogP contribution in [0, 0.1) is 6.92 Å². The van der Waals surface area contributed by atoms with Gasteiger partial charge in [0.1, 0.15) is 0 Å². The molecule has 0 spiro atoms. The number of amides is 1. The number of carbonyl (C=O) groups is 1. The minimum Gasteiger partial charge on any atom is -0.352 e. The first-order valence-electron chi connectivity index (χ1n) is 8.29. The van der Waals surface area contributed by atoms with E-state index in [-0.39, 0.29) is 29.2 Å². The van der Waals surface area contributed by atoms with Gasteiger partial charge in [-0.15, -0.1) is 10.2 Å². The quantitative estimate of drug-likeness (QED) is 0.680. The number of sulfone groups is 1. The van der Waals surface area contributed by atoms with Crippen LogP contribution in [0.3, 0.4) is 0 Å². The predicted molar refractivity (Wildman–Crippen MR) is 101 cm³/mol. The molecule has 4 rings (SSSR count). The summed E-state index contributed by atoms with van der Waals surface area (Å²) in [6, 6.07) is 9.69. The van der Waals surface area contributed by atoms with Crippen LogP contribution in [0.2, 0.25) is 0 Å². The molecule has 1 N–H and O–H groups in total. The maximum atomic E-state index is 12.2. The fraction of sp³-hybridized carbons (Fsp3) is 0.353. The van der Waals surface area contributed by atoms with Crippen LogP contribution < -0.4 is 5.32 Å². The van der Waals surface area contributed by atoms with Gasteiger partial charge in [0, 0.05) is 11.4 Å². The number of aromatic nitrogens is 3. The van der Waals surface area contributed by atoms with Crippen molar-refractivity contribution >= 4 is 44.1 Å². The van der Waals surface area contributed by atoms with E-state index in [0.717, 1.165) is 22.1 Å². The fourth-order valence-electron chi connectivity index (χ4n) is 3.28. The number of nitrogens with zero attached hydrogens (tertiary/aromatic N) is 3. The Kier molecular flexibility index (Phi) is 4.36. The monoisotopic (exact) mass is 390 g/mol. The SMILES string of the molecule is Cc1cc2nnc(SCC(=O)N[C@@H]3CCS(=O)(=O)C3)n2c2ccccc12. The Morgan fingerprint density at radius 2 is 2.15 bits per heavy atom. The molecule has 2 aromatic heterocycles. The van der Waals surface area contributed by atoms with Gasteiger partial charge in [0.15, 0.2) is 20.6 Å². The summed E-state index contributed by atoms with van der Waals surface area (Å²) in [4.78, 5) is 12.2. The highest BCUT2D eigenvalue weighted by atomic mass is 32.2. The first-order valence-corrected chi connectivity index (χ1v) is 11.1. The van der Waals surface area contributed by atoms with E-state index in [2.05, 4.69) is 15.5 Å². The van der Waals surface area contributed by atoms with Crippen LogP contribution >= 0.6 is 11.8 Å². The molecule has 0 bridgehead atoms. The van der Waals surface area contributed by atoms with Crippen molar-refractivity contribution in [3.63, 3.8) is 0 Å². The minimum atomic E-state index is -3.00. The lowest BCUT2D eigenvalue weighted by Gasteiger charge is -2.10. The maximum absolute atomic E-state index is 12.2. The average Bonchev–Trinajstić information content (AvgIpc) is 3.16. The van der Waals surface area contributed by atoms with Crippen molar-refractivity contribution in [3.05, 3.63) is 35.9 Å². The van der Waals surface area contributed by atoms with Crippen molar-refractivity contribution < 1.29 is 13.2 Å². The summed E-state index contributed by atoms with van der Waals surface area (Å²) in [7, 11) is -3.00. The van der Waals surface area contributed by atoms with Gasteiger partial charge in [-0.05, 0) is 31.0 Å². The number of pyridine rings is 1. The lowest BCUT2D eigenvalue weighted by Crippen LogP contribution is -2.36. The zero-order chi connectivity index (χ0) is 18.3. The van der Waals surface area contributed by atoms with E-state index in [9.17, 15) is 13.2 Å². The summed E-state index contributed by atoms with van der Waals surface area (Å²) in [5, 5.41) is 13.0. The molecule has 3 heterocycles. The Morgan fingerprint density at radius 3 is 2.92 bits per heavy atom. The molecule has 3 aromatic rings. The van der Waals surface area contributed by atoms with Gasteiger partial charge < -0.3 is 5.32 Å². The van der Waals surface area contributed by atoms with Crippen LogP contribution in [0.4, 0.5) is 0 Å². The number of aryl methyl sites for hydroxylation is 1. The van der Waals surface area contributed by atoms with Gasteiger partial charge in [-0.1, -0.05) is 30.0 Å². The standard InChI is InChI=1S/C17H18N4O3S2/c1-11-8-15-19-20-17(21(15)14-5-3-2-4-13(11)14)25-9-16(22)18-12-6-7-26(23,24)10-12/h2-5,8,12H,6-7,9-10H2,1H3,(H,18,22)/t12-/m1/s1. The maximum Gasteiger partial charge on any atom is 0.230 e. The van der Waals surface area contributed by atoms with Crippen molar-refractivity contribution in [1.29, 1.82) is 0 Å². The molecule has 1 aliphatic rings. The molecule has 1 amide bonds. The number of nitrogens with one attached hydrogen (secondary N) is 1. The lowest BCUT2D eigenvalue weighted by atomic mass is 10.1. The van der Waals surface area contributed by atoms with Crippen molar-refractivity contribution in [1.82, 2.24) is 19.9 Å². The zero-order valence-corrected chi connectivity index (χ0v) is 15.8.